The fraction of sp³-hybridized carbons (Fsp3) is 0.545. The van der Waals surface area contributed by atoms with Crippen LogP contribution in [-0.4, -0.2) is 29.3 Å². The molecule has 0 spiro atoms. The molecule has 17 heavy (non-hydrogen) atoms. The van der Waals surface area contributed by atoms with E-state index in [2.05, 4.69) is 4.98 Å². The molecule has 2 heterocycles. The molecule has 0 atom stereocenters. The van der Waals surface area contributed by atoms with Gasteiger partial charge < -0.3 is 9.88 Å². The van der Waals surface area contributed by atoms with Crippen molar-refractivity contribution < 1.29 is 18.0 Å². The average molecular weight is 246 g/mol. The Labute approximate surface area is 96.6 Å². The quantitative estimate of drug-likeness (QED) is 0.771. The van der Waals surface area contributed by atoms with Gasteiger partial charge in [0.1, 0.15) is 5.69 Å². The molecule has 3 nitrogen and oxygen atoms in total. The molecule has 2 rings (SSSR count). The van der Waals surface area contributed by atoms with Gasteiger partial charge in [0.15, 0.2) is 5.78 Å². The minimum absolute atomic E-state index is 0.195. The number of rotatable bonds is 1. The topological polar surface area (TPSA) is 36.1 Å². The molecule has 1 aromatic heterocycles. The zero-order valence-corrected chi connectivity index (χ0v) is 9.61. The lowest BCUT2D eigenvalue weighted by atomic mass is 10.0. The van der Waals surface area contributed by atoms with Crippen LogP contribution in [0.15, 0.2) is 0 Å². The molecular weight excluding hydrogens is 233 g/mol. The Balaban J connectivity index is 2.59. The number of aromatic amines is 1. The predicted molar refractivity (Wildman–Crippen MR) is 55.8 cm³/mol. The van der Waals surface area contributed by atoms with Crippen molar-refractivity contribution >= 4 is 5.78 Å². The van der Waals surface area contributed by atoms with Crippen molar-refractivity contribution in [3.8, 4) is 0 Å². The number of nitrogens with one attached hydrogen (secondary N) is 1. The highest BCUT2D eigenvalue weighted by Crippen LogP contribution is 2.36. The van der Waals surface area contributed by atoms with Gasteiger partial charge in [-0.05, 0) is 19.5 Å². The molecule has 1 N–H and O–H groups in total. The van der Waals surface area contributed by atoms with Gasteiger partial charge in [-0.2, -0.15) is 13.2 Å². The monoisotopic (exact) mass is 246 g/mol. The van der Waals surface area contributed by atoms with E-state index >= 15 is 0 Å². The number of alkyl halides is 3. The first kappa shape index (κ1) is 12.2. The van der Waals surface area contributed by atoms with Crippen LogP contribution < -0.4 is 0 Å². The Morgan fingerprint density at radius 3 is 2.59 bits per heavy atom. The lowest BCUT2D eigenvalue weighted by Crippen LogP contribution is -2.27. The molecule has 0 radical (unpaired) electrons. The van der Waals surface area contributed by atoms with Crippen LogP contribution in [0.3, 0.4) is 0 Å². The number of nitrogens with zero attached hydrogens (tertiary/aromatic N) is 1. The maximum Gasteiger partial charge on any atom is 0.431 e. The van der Waals surface area contributed by atoms with E-state index in [1.54, 1.807) is 0 Å². The molecule has 1 aliphatic rings. The van der Waals surface area contributed by atoms with Gasteiger partial charge in [-0.3, -0.25) is 4.79 Å². The van der Waals surface area contributed by atoms with Crippen molar-refractivity contribution in [2.45, 2.75) is 26.1 Å². The van der Waals surface area contributed by atoms with Crippen LogP contribution in [0, 0.1) is 0 Å². The number of H-pyrrole nitrogens is 1. The van der Waals surface area contributed by atoms with Crippen LogP contribution in [-0.2, 0) is 19.1 Å². The Bertz CT molecular complexity index is 462. The summed E-state index contributed by atoms with van der Waals surface area (Å²) in [6, 6.07) is 0. The number of Topliss-reactive ketones (excluding diaryl/α,β-unsaturated/α-hetero) is 1. The van der Waals surface area contributed by atoms with E-state index in [0.29, 0.717) is 30.8 Å². The Morgan fingerprint density at radius 2 is 2.06 bits per heavy atom. The third kappa shape index (κ3) is 2.09. The van der Waals surface area contributed by atoms with E-state index in [1.807, 2.05) is 11.9 Å². The second-order valence-corrected chi connectivity index (χ2v) is 4.37. The normalized spacial score (nSPS) is 17.0. The molecule has 0 saturated carbocycles. The second-order valence-electron chi connectivity index (χ2n) is 4.37. The molecule has 0 bridgehead atoms. The van der Waals surface area contributed by atoms with E-state index in [9.17, 15) is 18.0 Å². The Hall–Kier alpha value is -1.30. The van der Waals surface area contributed by atoms with Gasteiger partial charge in [0, 0.05) is 25.2 Å². The largest absolute Gasteiger partial charge is 0.431 e. The van der Waals surface area contributed by atoms with Crippen LogP contribution in [0.1, 0.15) is 34.2 Å². The first-order valence-corrected chi connectivity index (χ1v) is 5.31. The summed E-state index contributed by atoms with van der Waals surface area (Å²) >= 11 is 0. The summed E-state index contributed by atoms with van der Waals surface area (Å²) in [7, 11) is 1.83. The number of ketones is 1. The molecule has 0 saturated heterocycles. The number of likely N-dealkylation sites (N-methyl/N-ethyl adjacent to an activating group) is 1. The first-order valence-electron chi connectivity index (χ1n) is 5.31. The summed E-state index contributed by atoms with van der Waals surface area (Å²) in [6.07, 6.45) is -3.99. The SMILES string of the molecule is CC(=O)c1c(C(F)(F)F)[nH]c2c1CN(C)CC2. The van der Waals surface area contributed by atoms with Crippen LogP contribution in [0.4, 0.5) is 13.2 Å². The van der Waals surface area contributed by atoms with Gasteiger partial charge >= 0.3 is 6.18 Å². The molecule has 0 unspecified atom stereocenters. The Morgan fingerprint density at radius 1 is 1.41 bits per heavy atom. The maximum atomic E-state index is 12.8. The maximum absolute atomic E-state index is 12.8. The number of halogens is 3. The highest BCUT2D eigenvalue weighted by Gasteiger charge is 2.39. The number of hydrogen-bond acceptors (Lipinski definition) is 2. The van der Waals surface area contributed by atoms with Crippen molar-refractivity contribution in [3.63, 3.8) is 0 Å². The predicted octanol–water partition coefficient (Wildman–Crippen LogP) is 2.22. The Kier molecular flexibility index (Phi) is 2.77. The summed E-state index contributed by atoms with van der Waals surface area (Å²) < 4.78 is 38.4. The van der Waals surface area contributed by atoms with Gasteiger partial charge in [-0.1, -0.05) is 0 Å². The summed E-state index contributed by atoms with van der Waals surface area (Å²) in [5.41, 5.74) is -0.0523. The molecule has 0 aliphatic carbocycles. The summed E-state index contributed by atoms with van der Waals surface area (Å²) in [5.74, 6) is -0.537. The standard InChI is InChI=1S/C11H13F3N2O/c1-6(17)9-7-5-16(2)4-3-8(7)15-10(9)11(12,13)14/h15H,3-5H2,1-2H3. The van der Waals surface area contributed by atoms with Crippen molar-refractivity contribution in [2.24, 2.45) is 0 Å². The zero-order valence-electron chi connectivity index (χ0n) is 9.61. The fourth-order valence-electron chi connectivity index (χ4n) is 2.23. The molecule has 1 aromatic rings. The van der Waals surface area contributed by atoms with Gasteiger partial charge in [0.2, 0.25) is 0 Å². The smallest absolute Gasteiger partial charge is 0.354 e. The number of carbonyl (C=O) groups is 1. The lowest BCUT2D eigenvalue weighted by molar-refractivity contribution is -0.141. The number of aromatic nitrogens is 1. The van der Waals surface area contributed by atoms with Crippen molar-refractivity contribution in [1.29, 1.82) is 0 Å². The third-order valence-electron chi connectivity index (χ3n) is 3.00. The van der Waals surface area contributed by atoms with Gasteiger partial charge in [0.05, 0.1) is 5.56 Å². The van der Waals surface area contributed by atoms with E-state index in [4.69, 9.17) is 0 Å². The van der Waals surface area contributed by atoms with Gasteiger partial charge in [-0.15, -0.1) is 0 Å². The van der Waals surface area contributed by atoms with Crippen LogP contribution >= 0.6 is 0 Å². The molecule has 0 amide bonds. The summed E-state index contributed by atoms with van der Waals surface area (Å²) in [5, 5.41) is 0. The number of hydrogen-bond donors (Lipinski definition) is 1. The van der Waals surface area contributed by atoms with E-state index in [1.165, 1.54) is 6.92 Å². The summed E-state index contributed by atoms with van der Waals surface area (Å²) in [6.45, 7) is 2.26. The second kappa shape index (κ2) is 3.87. The first-order chi connectivity index (χ1) is 7.80. The van der Waals surface area contributed by atoms with Crippen molar-refractivity contribution in [1.82, 2.24) is 9.88 Å². The minimum atomic E-state index is -4.50. The van der Waals surface area contributed by atoms with Crippen LogP contribution in [0.2, 0.25) is 0 Å². The van der Waals surface area contributed by atoms with Crippen LogP contribution in [0.5, 0.6) is 0 Å². The average Bonchev–Trinajstić information content (AvgIpc) is 2.55. The summed E-state index contributed by atoms with van der Waals surface area (Å²) in [4.78, 5) is 15.7. The van der Waals surface area contributed by atoms with Gasteiger partial charge in [0.25, 0.3) is 0 Å². The van der Waals surface area contributed by atoms with Crippen molar-refractivity contribution in [2.75, 3.05) is 13.6 Å². The third-order valence-corrected chi connectivity index (χ3v) is 3.00. The number of fused-ring (bicyclic) bond motifs is 1. The van der Waals surface area contributed by atoms with E-state index < -0.39 is 17.7 Å². The highest BCUT2D eigenvalue weighted by molar-refractivity contribution is 5.97. The highest BCUT2D eigenvalue weighted by atomic mass is 19.4. The number of carbonyl (C=O) groups excluding carboxylic acids is 1. The van der Waals surface area contributed by atoms with Crippen LogP contribution in [0.25, 0.3) is 0 Å². The lowest BCUT2D eigenvalue weighted by Gasteiger charge is -2.22. The molecule has 6 heteroatoms. The molecule has 0 fully saturated rings. The minimum Gasteiger partial charge on any atom is -0.354 e. The molecular formula is C11H13F3N2O. The zero-order chi connectivity index (χ0) is 12.8. The molecule has 1 aliphatic heterocycles. The fourth-order valence-corrected chi connectivity index (χ4v) is 2.23. The molecule has 0 aromatic carbocycles. The van der Waals surface area contributed by atoms with E-state index in [-0.39, 0.29) is 5.56 Å². The molecule has 94 valence electrons. The van der Waals surface area contributed by atoms with Gasteiger partial charge in [-0.25, -0.2) is 0 Å². The van der Waals surface area contributed by atoms with E-state index in [0.717, 1.165) is 0 Å². The van der Waals surface area contributed by atoms with Crippen molar-refractivity contribution in [3.05, 3.63) is 22.5 Å².